The van der Waals surface area contributed by atoms with Crippen molar-refractivity contribution in [3.63, 3.8) is 0 Å². The van der Waals surface area contributed by atoms with E-state index in [1.165, 1.54) is 11.1 Å². The number of rotatable bonds is 8. The van der Waals surface area contributed by atoms with Gasteiger partial charge in [0.25, 0.3) is 0 Å². The van der Waals surface area contributed by atoms with Crippen LogP contribution < -0.4 is 0 Å². The minimum atomic E-state index is 0.425. The van der Waals surface area contributed by atoms with E-state index in [0.29, 0.717) is 29.1 Å². The summed E-state index contributed by atoms with van der Waals surface area (Å²) in [5, 5.41) is 13.1. The number of likely N-dealkylation sites (tertiary alicyclic amines) is 1. The van der Waals surface area contributed by atoms with Gasteiger partial charge in [-0.05, 0) is 80.2 Å². The summed E-state index contributed by atoms with van der Waals surface area (Å²) in [5.74, 6) is 2.29. The van der Waals surface area contributed by atoms with Gasteiger partial charge in [0.05, 0.1) is 11.6 Å². The number of hydrogen-bond donors (Lipinski definition) is 0. The van der Waals surface area contributed by atoms with Gasteiger partial charge in [-0.2, -0.15) is 10.2 Å². The van der Waals surface area contributed by atoms with E-state index >= 15 is 0 Å². The van der Waals surface area contributed by atoms with Crippen LogP contribution in [0.25, 0.3) is 11.4 Å². The van der Waals surface area contributed by atoms with Crippen molar-refractivity contribution in [1.29, 1.82) is 5.26 Å². The molecule has 5 rings (SSSR count). The van der Waals surface area contributed by atoms with E-state index in [-0.39, 0.29) is 0 Å². The molecule has 0 saturated carbocycles. The highest BCUT2D eigenvalue weighted by molar-refractivity contribution is 5.55. The van der Waals surface area contributed by atoms with Gasteiger partial charge in [-0.25, -0.2) is 0 Å². The number of nitriles is 1. The molecule has 1 aliphatic heterocycles. The van der Waals surface area contributed by atoms with Crippen LogP contribution in [-0.2, 0) is 6.42 Å². The summed E-state index contributed by atoms with van der Waals surface area (Å²) in [4.78, 5) is 7.20. The lowest BCUT2D eigenvalue weighted by Gasteiger charge is -2.32. The van der Waals surface area contributed by atoms with Crippen LogP contribution in [0.5, 0.6) is 0 Å². The first-order chi connectivity index (χ1) is 17.3. The van der Waals surface area contributed by atoms with Crippen molar-refractivity contribution in [3.05, 3.63) is 108 Å². The number of hydrogen-bond acceptors (Lipinski definition) is 5. The second kappa shape index (κ2) is 11.1. The fourth-order valence-corrected chi connectivity index (χ4v) is 5.02. The average molecular weight is 463 g/mol. The van der Waals surface area contributed by atoms with E-state index in [4.69, 9.17) is 9.78 Å². The van der Waals surface area contributed by atoms with Gasteiger partial charge in [-0.15, -0.1) is 0 Å². The van der Waals surface area contributed by atoms with E-state index in [1.54, 1.807) is 12.1 Å². The van der Waals surface area contributed by atoms with Crippen LogP contribution in [0.2, 0.25) is 0 Å². The molecule has 0 unspecified atom stereocenters. The van der Waals surface area contributed by atoms with Crippen molar-refractivity contribution in [3.8, 4) is 17.5 Å². The molecule has 5 heteroatoms. The summed E-state index contributed by atoms with van der Waals surface area (Å²) in [6, 6.07) is 31.2. The Morgan fingerprint density at radius 3 is 2.11 bits per heavy atom. The van der Waals surface area contributed by atoms with Crippen molar-refractivity contribution >= 4 is 0 Å². The summed E-state index contributed by atoms with van der Waals surface area (Å²) in [6.45, 7) is 3.32. The SMILES string of the molecule is N#Cc1ccc(-c2noc(CC3CCN(CCC(c4ccccc4)c4ccccc4)CC3)n2)cc1. The Balaban J connectivity index is 1.14. The van der Waals surface area contributed by atoms with Gasteiger partial charge < -0.3 is 9.42 Å². The second-order valence-electron chi connectivity index (χ2n) is 9.35. The third-order valence-electron chi connectivity index (χ3n) is 7.05. The van der Waals surface area contributed by atoms with Gasteiger partial charge in [0, 0.05) is 17.9 Å². The summed E-state index contributed by atoms with van der Waals surface area (Å²) in [7, 11) is 0. The lowest BCUT2D eigenvalue weighted by molar-refractivity contribution is 0.174. The predicted molar refractivity (Wildman–Crippen MR) is 137 cm³/mol. The van der Waals surface area contributed by atoms with Crippen molar-refractivity contribution < 1.29 is 4.52 Å². The molecule has 0 N–H and O–H groups in total. The molecule has 35 heavy (non-hydrogen) atoms. The largest absolute Gasteiger partial charge is 0.339 e. The van der Waals surface area contributed by atoms with Crippen LogP contribution >= 0.6 is 0 Å². The molecule has 0 amide bonds. The molecule has 1 aromatic heterocycles. The minimum Gasteiger partial charge on any atom is -0.339 e. The van der Waals surface area contributed by atoms with Gasteiger partial charge in [0.2, 0.25) is 11.7 Å². The Morgan fingerprint density at radius 1 is 0.886 bits per heavy atom. The van der Waals surface area contributed by atoms with E-state index in [0.717, 1.165) is 50.9 Å². The molecule has 0 spiro atoms. The predicted octanol–water partition coefficient (Wildman–Crippen LogP) is 6.08. The topological polar surface area (TPSA) is 66.0 Å². The summed E-state index contributed by atoms with van der Waals surface area (Å²) in [6.07, 6.45) is 4.25. The van der Waals surface area contributed by atoms with Crippen LogP contribution in [0.1, 0.15) is 47.8 Å². The molecule has 5 nitrogen and oxygen atoms in total. The maximum absolute atomic E-state index is 8.97. The zero-order chi connectivity index (χ0) is 23.9. The van der Waals surface area contributed by atoms with E-state index < -0.39 is 0 Å². The van der Waals surface area contributed by atoms with E-state index in [9.17, 15) is 0 Å². The zero-order valence-corrected chi connectivity index (χ0v) is 19.9. The van der Waals surface area contributed by atoms with Gasteiger partial charge in [-0.3, -0.25) is 0 Å². The number of benzene rings is 3. The third-order valence-corrected chi connectivity index (χ3v) is 7.05. The Bertz CT molecular complexity index is 1200. The van der Waals surface area contributed by atoms with Crippen molar-refractivity contribution in [2.24, 2.45) is 5.92 Å². The van der Waals surface area contributed by atoms with Crippen molar-refractivity contribution in [1.82, 2.24) is 15.0 Å². The Morgan fingerprint density at radius 2 is 1.51 bits per heavy atom. The summed E-state index contributed by atoms with van der Waals surface area (Å²) < 4.78 is 5.54. The fraction of sp³-hybridized carbons (Fsp3) is 0.300. The molecule has 3 aromatic carbocycles. The van der Waals surface area contributed by atoms with Crippen LogP contribution in [0, 0.1) is 17.2 Å². The van der Waals surface area contributed by atoms with Gasteiger partial charge in [-0.1, -0.05) is 65.8 Å². The summed E-state index contributed by atoms with van der Waals surface area (Å²) in [5.41, 5.74) is 4.29. The molecule has 0 radical (unpaired) electrons. The zero-order valence-electron chi connectivity index (χ0n) is 19.9. The molecular weight excluding hydrogens is 432 g/mol. The molecule has 0 atom stereocenters. The maximum atomic E-state index is 8.97. The molecule has 176 valence electrons. The van der Waals surface area contributed by atoms with Crippen LogP contribution in [-0.4, -0.2) is 34.7 Å². The summed E-state index contributed by atoms with van der Waals surface area (Å²) >= 11 is 0. The van der Waals surface area contributed by atoms with Crippen LogP contribution in [0.4, 0.5) is 0 Å². The smallest absolute Gasteiger partial charge is 0.227 e. The number of piperidine rings is 1. The third kappa shape index (κ3) is 5.85. The highest BCUT2D eigenvalue weighted by Crippen LogP contribution is 2.29. The standard InChI is InChI=1S/C30H30N4O/c31-22-24-11-13-27(14-12-24)30-32-29(35-33-30)21-23-15-18-34(19-16-23)20-17-28(25-7-3-1-4-8-25)26-9-5-2-6-10-26/h1-14,23,28H,15-21H2. The Kier molecular flexibility index (Phi) is 7.31. The monoisotopic (exact) mass is 462 g/mol. The highest BCUT2D eigenvalue weighted by atomic mass is 16.5. The first-order valence-electron chi connectivity index (χ1n) is 12.4. The molecular formula is C30H30N4O. The quantitative estimate of drug-likeness (QED) is 0.317. The first kappa shape index (κ1) is 23.0. The molecule has 2 heterocycles. The van der Waals surface area contributed by atoms with Crippen molar-refractivity contribution in [2.75, 3.05) is 19.6 Å². The van der Waals surface area contributed by atoms with Gasteiger partial charge >= 0.3 is 0 Å². The second-order valence-corrected chi connectivity index (χ2v) is 9.35. The van der Waals surface area contributed by atoms with Crippen LogP contribution in [0.15, 0.2) is 89.5 Å². The molecule has 1 fully saturated rings. The minimum absolute atomic E-state index is 0.425. The molecule has 0 bridgehead atoms. The molecule has 4 aromatic rings. The maximum Gasteiger partial charge on any atom is 0.227 e. The van der Waals surface area contributed by atoms with E-state index in [2.05, 4.69) is 81.8 Å². The lowest BCUT2D eigenvalue weighted by atomic mass is 9.87. The highest BCUT2D eigenvalue weighted by Gasteiger charge is 2.23. The molecule has 0 aliphatic carbocycles. The van der Waals surface area contributed by atoms with Crippen LogP contribution in [0.3, 0.4) is 0 Å². The lowest BCUT2D eigenvalue weighted by Crippen LogP contribution is -2.35. The molecule has 1 aliphatic rings. The fourth-order valence-electron chi connectivity index (χ4n) is 5.02. The number of nitrogens with zero attached hydrogens (tertiary/aromatic N) is 4. The number of aromatic nitrogens is 2. The van der Waals surface area contributed by atoms with Gasteiger partial charge in [0.15, 0.2) is 0 Å². The van der Waals surface area contributed by atoms with Gasteiger partial charge in [0.1, 0.15) is 0 Å². The average Bonchev–Trinajstić information content (AvgIpc) is 3.39. The first-order valence-corrected chi connectivity index (χ1v) is 12.4. The molecule has 1 saturated heterocycles. The van der Waals surface area contributed by atoms with Crippen molar-refractivity contribution in [2.45, 2.75) is 31.6 Å². The van der Waals surface area contributed by atoms with E-state index in [1.807, 2.05) is 12.1 Å². The Hall–Kier alpha value is -3.75. The normalized spacial score (nSPS) is 14.7. The Labute approximate surface area is 207 Å².